The number of benzene rings is 1. The van der Waals surface area contributed by atoms with Gasteiger partial charge in [0.25, 0.3) is 5.91 Å². The number of hydrogen-bond donors (Lipinski definition) is 2. The average molecular weight is 259 g/mol. The van der Waals surface area contributed by atoms with Crippen molar-refractivity contribution in [2.75, 3.05) is 0 Å². The second-order valence-corrected chi connectivity index (χ2v) is 4.53. The molecule has 1 fully saturated rings. The van der Waals surface area contributed by atoms with Crippen molar-refractivity contribution in [1.82, 2.24) is 5.32 Å². The largest absolute Gasteiger partial charge is 0.508 e. The summed E-state index contributed by atoms with van der Waals surface area (Å²) in [6.07, 6.45) is -4.59. The third-order valence-electron chi connectivity index (χ3n) is 3.10. The zero-order valence-electron chi connectivity index (χ0n) is 9.64. The van der Waals surface area contributed by atoms with E-state index < -0.39 is 17.6 Å². The van der Waals surface area contributed by atoms with Gasteiger partial charge >= 0.3 is 6.18 Å². The van der Waals surface area contributed by atoms with E-state index in [9.17, 15) is 23.1 Å². The lowest BCUT2D eigenvalue weighted by atomic mass is 10.1. The smallest absolute Gasteiger partial charge is 0.411 e. The van der Waals surface area contributed by atoms with Gasteiger partial charge in [0.2, 0.25) is 0 Å². The Bertz CT molecular complexity index is 493. The Balaban J connectivity index is 2.19. The highest BCUT2D eigenvalue weighted by atomic mass is 19.4. The van der Waals surface area contributed by atoms with E-state index in [1.54, 1.807) is 6.92 Å². The summed E-state index contributed by atoms with van der Waals surface area (Å²) >= 11 is 0. The predicted octanol–water partition coefficient (Wildman–Crippen LogP) is 2.53. The van der Waals surface area contributed by atoms with Crippen LogP contribution < -0.4 is 5.32 Å². The molecule has 1 aromatic carbocycles. The molecule has 2 rings (SSSR count). The van der Waals surface area contributed by atoms with Crippen molar-refractivity contribution in [3.8, 4) is 5.75 Å². The summed E-state index contributed by atoms with van der Waals surface area (Å²) in [4.78, 5) is 11.8. The number of carbonyl (C=O) groups excluding carboxylic acids is 1. The van der Waals surface area contributed by atoms with Crippen LogP contribution >= 0.6 is 0 Å². The van der Waals surface area contributed by atoms with Gasteiger partial charge in [0.05, 0.1) is 0 Å². The first kappa shape index (κ1) is 12.7. The third kappa shape index (κ3) is 2.14. The van der Waals surface area contributed by atoms with E-state index in [1.807, 2.05) is 5.32 Å². The van der Waals surface area contributed by atoms with E-state index >= 15 is 0 Å². The fourth-order valence-electron chi connectivity index (χ4n) is 1.79. The molecule has 0 saturated heterocycles. The van der Waals surface area contributed by atoms with Crippen LogP contribution in [0.3, 0.4) is 0 Å². The van der Waals surface area contributed by atoms with Crippen molar-refractivity contribution in [1.29, 1.82) is 0 Å². The summed E-state index contributed by atoms with van der Waals surface area (Å²) in [5.74, 6) is -0.789. The van der Waals surface area contributed by atoms with Crippen LogP contribution in [0.25, 0.3) is 0 Å². The lowest BCUT2D eigenvalue weighted by molar-refractivity contribution is -0.163. The molecular weight excluding hydrogens is 247 g/mol. The van der Waals surface area contributed by atoms with Gasteiger partial charge in [0.15, 0.2) is 0 Å². The first-order valence-corrected chi connectivity index (χ1v) is 5.44. The van der Waals surface area contributed by atoms with Crippen LogP contribution in [0.4, 0.5) is 13.2 Å². The minimum absolute atomic E-state index is 0.0268. The maximum absolute atomic E-state index is 12.7. The monoisotopic (exact) mass is 259 g/mol. The summed E-state index contributed by atoms with van der Waals surface area (Å²) in [7, 11) is 0. The summed E-state index contributed by atoms with van der Waals surface area (Å²) in [6, 6.07) is 3.92. The van der Waals surface area contributed by atoms with Gasteiger partial charge in [0.1, 0.15) is 11.3 Å². The molecule has 1 aliphatic carbocycles. The maximum atomic E-state index is 12.7. The Kier molecular flexibility index (Phi) is 2.76. The minimum atomic E-state index is -4.42. The number of aromatic hydroxyl groups is 1. The van der Waals surface area contributed by atoms with Crippen LogP contribution in [-0.2, 0) is 0 Å². The lowest BCUT2D eigenvalue weighted by Gasteiger charge is -2.21. The molecule has 0 bridgehead atoms. The first-order chi connectivity index (χ1) is 8.25. The van der Waals surface area contributed by atoms with E-state index in [0.29, 0.717) is 5.56 Å². The van der Waals surface area contributed by atoms with Crippen molar-refractivity contribution in [3.63, 3.8) is 0 Å². The van der Waals surface area contributed by atoms with Crippen molar-refractivity contribution in [2.45, 2.75) is 31.5 Å². The second kappa shape index (κ2) is 3.90. The summed E-state index contributed by atoms with van der Waals surface area (Å²) in [6.45, 7) is 1.56. The zero-order chi connectivity index (χ0) is 13.6. The number of alkyl halides is 3. The Labute approximate surface area is 102 Å². The molecule has 0 aromatic heterocycles. The second-order valence-electron chi connectivity index (χ2n) is 4.53. The van der Waals surface area contributed by atoms with Gasteiger partial charge in [-0.25, -0.2) is 0 Å². The Hall–Kier alpha value is -1.72. The van der Waals surface area contributed by atoms with Crippen LogP contribution in [-0.4, -0.2) is 22.7 Å². The molecule has 0 spiro atoms. The molecule has 0 aliphatic heterocycles. The fourth-order valence-corrected chi connectivity index (χ4v) is 1.79. The van der Waals surface area contributed by atoms with Crippen LogP contribution in [0.2, 0.25) is 0 Å². The lowest BCUT2D eigenvalue weighted by Crippen LogP contribution is -2.48. The summed E-state index contributed by atoms with van der Waals surface area (Å²) < 4.78 is 38.0. The van der Waals surface area contributed by atoms with Crippen molar-refractivity contribution < 1.29 is 23.1 Å². The molecule has 1 aromatic rings. The molecular formula is C12H12F3NO2. The molecule has 0 heterocycles. The molecule has 0 radical (unpaired) electrons. The molecule has 0 atom stereocenters. The van der Waals surface area contributed by atoms with E-state index in [1.165, 1.54) is 18.2 Å². The quantitative estimate of drug-likeness (QED) is 0.857. The van der Waals surface area contributed by atoms with Gasteiger partial charge < -0.3 is 10.4 Å². The highest BCUT2D eigenvalue weighted by Gasteiger charge is 2.64. The van der Waals surface area contributed by atoms with E-state index in [2.05, 4.69) is 0 Å². The average Bonchev–Trinajstić information content (AvgIpc) is 2.97. The minimum Gasteiger partial charge on any atom is -0.508 e. The molecule has 0 unspecified atom stereocenters. The fraction of sp³-hybridized carbons (Fsp3) is 0.417. The SMILES string of the molecule is Cc1cc(O)ccc1C(=O)NC1(C(F)(F)F)CC1. The molecule has 6 heteroatoms. The van der Waals surface area contributed by atoms with Crippen molar-refractivity contribution in [2.24, 2.45) is 0 Å². The standard InChI is InChI=1S/C12H12F3NO2/c1-7-6-8(17)2-3-9(7)10(18)16-11(4-5-11)12(13,14)15/h2-3,6,17H,4-5H2,1H3,(H,16,18). The molecule has 1 amide bonds. The van der Waals surface area contributed by atoms with Crippen LogP contribution in [0.15, 0.2) is 18.2 Å². The zero-order valence-corrected chi connectivity index (χ0v) is 9.64. The predicted molar refractivity (Wildman–Crippen MR) is 58.3 cm³/mol. The Morgan fingerprint density at radius 1 is 1.39 bits per heavy atom. The number of phenolic OH excluding ortho intramolecular Hbond substituents is 1. The molecule has 1 aliphatic rings. The molecule has 2 N–H and O–H groups in total. The topological polar surface area (TPSA) is 49.3 Å². The van der Waals surface area contributed by atoms with Gasteiger partial charge in [-0.05, 0) is 43.5 Å². The molecule has 1 saturated carbocycles. The first-order valence-electron chi connectivity index (χ1n) is 5.44. The highest BCUT2D eigenvalue weighted by molar-refractivity contribution is 5.96. The number of hydrogen-bond acceptors (Lipinski definition) is 2. The van der Waals surface area contributed by atoms with E-state index in [4.69, 9.17) is 0 Å². The van der Waals surface area contributed by atoms with Gasteiger partial charge in [-0.15, -0.1) is 0 Å². The van der Waals surface area contributed by atoms with Crippen molar-refractivity contribution >= 4 is 5.91 Å². The number of amides is 1. The number of nitrogens with one attached hydrogen (secondary N) is 1. The van der Waals surface area contributed by atoms with E-state index in [0.717, 1.165) is 0 Å². The third-order valence-corrected chi connectivity index (χ3v) is 3.10. The van der Waals surface area contributed by atoms with Crippen LogP contribution in [0, 0.1) is 6.92 Å². The number of phenols is 1. The van der Waals surface area contributed by atoms with E-state index in [-0.39, 0.29) is 24.2 Å². The van der Waals surface area contributed by atoms with Crippen LogP contribution in [0.1, 0.15) is 28.8 Å². The van der Waals surface area contributed by atoms with Crippen LogP contribution in [0.5, 0.6) is 5.75 Å². The summed E-state index contributed by atoms with van der Waals surface area (Å²) in [5.41, 5.74) is -1.48. The Morgan fingerprint density at radius 2 is 2.00 bits per heavy atom. The van der Waals surface area contributed by atoms with Crippen molar-refractivity contribution in [3.05, 3.63) is 29.3 Å². The molecule has 3 nitrogen and oxygen atoms in total. The van der Waals surface area contributed by atoms with Gasteiger partial charge in [-0.2, -0.15) is 13.2 Å². The number of aryl methyl sites for hydroxylation is 1. The summed E-state index contributed by atoms with van der Waals surface area (Å²) in [5, 5.41) is 11.2. The van der Waals surface area contributed by atoms with Gasteiger partial charge in [-0.3, -0.25) is 4.79 Å². The normalized spacial score (nSPS) is 17.3. The number of rotatable bonds is 2. The number of halogens is 3. The van der Waals surface area contributed by atoms with Gasteiger partial charge in [0, 0.05) is 5.56 Å². The molecule has 98 valence electrons. The molecule has 18 heavy (non-hydrogen) atoms. The van der Waals surface area contributed by atoms with Gasteiger partial charge in [-0.1, -0.05) is 0 Å². The maximum Gasteiger partial charge on any atom is 0.411 e. The highest BCUT2D eigenvalue weighted by Crippen LogP contribution is 2.49. The number of carbonyl (C=O) groups is 1. The Morgan fingerprint density at radius 3 is 2.44 bits per heavy atom.